The highest BCUT2D eigenvalue weighted by Gasteiger charge is 2.22. The largest absolute Gasteiger partial charge is 0.435 e. The minimum absolute atomic E-state index is 0.0761. The number of carbonyl (C=O) groups excluding carboxylic acids is 1. The normalized spacial score (nSPS) is 18.1. The zero-order valence-electron chi connectivity index (χ0n) is 11.5. The molecule has 0 radical (unpaired) electrons. The second-order valence-electron chi connectivity index (χ2n) is 4.53. The highest BCUT2D eigenvalue weighted by Crippen LogP contribution is 2.13. The predicted molar refractivity (Wildman–Crippen MR) is 70.2 cm³/mol. The van der Waals surface area contributed by atoms with Crippen molar-refractivity contribution in [1.29, 1.82) is 0 Å². The minimum Gasteiger partial charge on any atom is -0.435 e. The number of oxazole rings is 1. The lowest BCUT2D eigenvalue weighted by molar-refractivity contribution is 0.0738. The van der Waals surface area contributed by atoms with Gasteiger partial charge >= 0.3 is 0 Å². The molecule has 104 valence electrons. The molecule has 1 aromatic heterocycles. The standard InChI is InChI=1S/C13H19N3O3/c1-4-9-6-10(19-16-9)7-14-13(17)12-8(3)15-11(5-2)18-12/h10H,4-7H2,1-3H3,(H,14,17)/t10-/m1/s1. The first-order chi connectivity index (χ1) is 9.13. The Kier molecular flexibility index (Phi) is 4.19. The van der Waals surface area contributed by atoms with Crippen LogP contribution in [0.3, 0.4) is 0 Å². The molecular weight excluding hydrogens is 246 g/mol. The number of aromatic nitrogens is 1. The van der Waals surface area contributed by atoms with Crippen LogP contribution in [-0.2, 0) is 11.3 Å². The lowest BCUT2D eigenvalue weighted by atomic mass is 10.1. The van der Waals surface area contributed by atoms with Gasteiger partial charge in [0.15, 0.2) is 5.89 Å². The molecule has 0 spiro atoms. The molecule has 6 nitrogen and oxygen atoms in total. The van der Waals surface area contributed by atoms with Crippen molar-refractivity contribution < 1.29 is 14.0 Å². The minimum atomic E-state index is -0.252. The molecule has 1 N–H and O–H groups in total. The quantitative estimate of drug-likeness (QED) is 0.881. The van der Waals surface area contributed by atoms with Crippen molar-refractivity contribution in [3.63, 3.8) is 0 Å². The first kappa shape index (κ1) is 13.6. The Labute approximate surface area is 112 Å². The van der Waals surface area contributed by atoms with Crippen LogP contribution < -0.4 is 5.32 Å². The maximum atomic E-state index is 12.0. The van der Waals surface area contributed by atoms with Gasteiger partial charge in [0, 0.05) is 12.8 Å². The Bertz CT molecular complexity index is 493. The van der Waals surface area contributed by atoms with Gasteiger partial charge in [0.25, 0.3) is 5.91 Å². The van der Waals surface area contributed by atoms with E-state index in [0.717, 1.165) is 18.6 Å². The number of aryl methyl sites for hydroxylation is 2. The van der Waals surface area contributed by atoms with Crippen LogP contribution in [0.25, 0.3) is 0 Å². The highest BCUT2D eigenvalue weighted by atomic mass is 16.6. The summed E-state index contributed by atoms with van der Waals surface area (Å²) >= 11 is 0. The molecule has 0 fully saturated rings. The van der Waals surface area contributed by atoms with Gasteiger partial charge in [-0.1, -0.05) is 19.0 Å². The summed E-state index contributed by atoms with van der Waals surface area (Å²) in [5.74, 6) is 0.612. The molecule has 2 rings (SSSR count). The molecule has 0 bridgehead atoms. The monoisotopic (exact) mass is 265 g/mol. The topological polar surface area (TPSA) is 76.7 Å². The van der Waals surface area contributed by atoms with Crippen LogP contribution in [0.5, 0.6) is 0 Å². The molecule has 19 heavy (non-hydrogen) atoms. The van der Waals surface area contributed by atoms with Gasteiger partial charge in [0.2, 0.25) is 5.76 Å². The van der Waals surface area contributed by atoms with E-state index in [1.54, 1.807) is 6.92 Å². The summed E-state index contributed by atoms with van der Waals surface area (Å²) in [5.41, 5.74) is 1.65. The summed E-state index contributed by atoms with van der Waals surface area (Å²) in [6.07, 6.45) is 2.25. The third-order valence-corrected chi connectivity index (χ3v) is 3.04. The highest BCUT2D eigenvalue weighted by molar-refractivity contribution is 5.92. The van der Waals surface area contributed by atoms with Crippen molar-refractivity contribution in [3.8, 4) is 0 Å². The van der Waals surface area contributed by atoms with Gasteiger partial charge in [-0.25, -0.2) is 4.98 Å². The molecule has 0 unspecified atom stereocenters. The number of hydrogen-bond donors (Lipinski definition) is 1. The molecule has 6 heteroatoms. The van der Waals surface area contributed by atoms with E-state index in [9.17, 15) is 4.79 Å². The fourth-order valence-corrected chi connectivity index (χ4v) is 1.91. The average molecular weight is 265 g/mol. The lowest BCUT2D eigenvalue weighted by Crippen LogP contribution is -2.32. The second kappa shape index (κ2) is 5.86. The van der Waals surface area contributed by atoms with Crippen molar-refractivity contribution in [2.45, 2.75) is 46.1 Å². The van der Waals surface area contributed by atoms with Crippen LogP contribution in [0.2, 0.25) is 0 Å². The van der Waals surface area contributed by atoms with Crippen LogP contribution >= 0.6 is 0 Å². The van der Waals surface area contributed by atoms with Crippen molar-refractivity contribution in [3.05, 3.63) is 17.3 Å². The fraction of sp³-hybridized carbons (Fsp3) is 0.615. The number of rotatable bonds is 5. The van der Waals surface area contributed by atoms with Gasteiger partial charge in [-0.2, -0.15) is 0 Å². The number of carbonyl (C=O) groups is 1. The molecule has 1 amide bonds. The number of nitrogens with zero attached hydrogens (tertiary/aromatic N) is 2. The molecule has 1 aliphatic heterocycles. The summed E-state index contributed by atoms with van der Waals surface area (Å²) in [4.78, 5) is 21.4. The molecule has 0 saturated heterocycles. The Hall–Kier alpha value is -1.85. The van der Waals surface area contributed by atoms with Gasteiger partial charge in [-0.3, -0.25) is 4.79 Å². The molecule has 0 aliphatic carbocycles. The molecule has 2 heterocycles. The molecular formula is C13H19N3O3. The van der Waals surface area contributed by atoms with E-state index in [-0.39, 0.29) is 17.8 Å². The number of oxime groups is 1. The summed E-state index contributed by atoms with van der Waals surface area (Å²) in [6.45, 7) is 6.16. The zero-order valence-corrected chi connectivity index (χ0v) is 11.5. The fourth-order valence-electron chi connectivity index (χ4n) is 1.91. The lowest BCUT2D eigenvalue weighted by Gasteiger charge is -2.08. The van der Waals surface area contributed by atoms with Crippen LogP contribution in [0.4, 0.5) is 0 Å². The Balaban J connectivity index is 1.86. The third-order valence-electron chi connectivity index (χ3n) is 3.04. The van der Waals surface area contributed by atoms with Gasteiger partial charge in [-0.05, 0) is 13.3 Å². The van der Waals surface area contributed by atoms with Gasteiger partial charge in [-0.15, -0.1) is 0 Å². The van der Waals surface area contributed by atoms with Gasteiger partial charge in [0.05, 0.1) is 18.0 Å². The SMILES string of the molecule is CCC1=NO[C@@H](CNC(=O)c2oc(CC)nc2C)C1. The van der Waals surface area contributed by atoms with Crippen molar-refractivity contribution in [2.24, 2.45) is 5.16 Å². The van der Waals surface area contributed by atoms with E-state index in [1.165, 1.54) is 0 Å². The van der Waals surface area contributed by atoms with E-state index in [4.69, 9.17) is 9.25 Å². The molecule has 0 saturated carbocycles. The molecule has 1 atom stereocenters. The maximum Gasteiger partial charge on any atom is 0.289 e. The van der Waals surface area contributed by atoms with E-state index in [0.29, 0.717) is 24.6 Å². The second-order valence-corrected chi connectivity index (χ2v) is 4.53. The van der Waals surface area contributed by atoms with E-state index < -0.39 is 0 Å². The maximum absolute atomic E-state index is 12.0. The zero-order chi connectivity index (χ0) is 13.8. The Morgan fingerprint density at radius 3 is 2.79 bits per heavy atom. The number of hydrogen-bond acceptors (Lipinski definition) is 5. The number of nitrogens with one attached hydrogen (secondary N) is 1. The predicted octanol–water partition coefficient (Wildman–Crippen LogP) is 1.83. The average Bonchev–Trinajstić information content (AvgIpc) is 3.02. The van der Waals surface area contributed by atoms with Crippen LogP contribution in [0.1, 0.15) is 48.8 Å². The smallest absolute Gasteiger partial charge is 0.289 e. The van der Waals surface area contributed by atoms with Crippen LogP contribution in [0.15, 0.2) is 9.57 Å². The first-order valence-electron chi connectivity index (χ1n) is 6.60. The summed E-state index contributed by atoms with van der Waals surface area (Å²) < 4.78 is 5.39. The van der Waals surface area contributed by atoms with Gasteiger partial charge in [0.1, 0.15) is 6.10 Å². The summed E-state index contributed by atoms with van der Waals surface area (Å²) in [5, 5.41) is 6.74. The van der Waals surface area contributed by atoms with Gasteiger partial charge < -0.3 is 14.6 Å². The molecule has 1 aliphatic rings. The van der Waals surface area contributed by atoms with E-state index in [1.807, 2.05) is 13.8 Å². The summed E-state index contributed by atoms with van der Waals surface area (Å²) in [6, 6.07) is 0. The van der Waals surface area contributed by atoms with E-state index >= 15 is 0 Å². The Morgan fingerprint density at radius 2 is 2.21 bits per heavy atom. The van der Waals surface area contributed by atoms with E-state index in [2.05, 4.69) is 15.5 Å². The van der Waals surface area contributed by atoms with Crippen molar-refractivity contribution in [2.75, 3.05) is 6.54 Å². The summed E-state index contributed by atoms with van der Waals surface area (Å²) in [7, 11) is 0. The third kappa shape index (κ3) is 3.13. The van der Waals surface area contributed by atoms with Crippen LogP contribution in [-0.4, -0.2) is 29.3 Å². The Morgan fingerprint density at radius 1 is 1.42 bits per heavy atom. The first-order valence-corrected chi connectivity index (χ1v) is 6.60. The number of amides is 1. The van der Waals surface area contributed by atoms with Crippen molar-refractivity contribution in [1.82, 2.24) is 10.3 Å². The molecule has 0 aromatic carbocycles. The van der Waals surface area contributed by atoms with Crippen molar-refractivity contribution >= 4 is 11.6 Å². The van der Waals surface area contributed by atoms with Crippen LogP contribution in [0, 0.1) is 6.92 Å². The molecule has 1 aromatic rings.